The van der Waals surface area contributed by atoms with Crippen LogP contribution in [0.25, 0.3) is 0 Å². The number of thiophene rings is 1. The molecule has 0 bridgehead atoms. The van der Waals surface area contributed by atoms with Crippen LogP contribution in [0.3, 0.4) is 0 Å². The number of hydrogen-bond donors (Lipinski definition) is 2. The van der Waals surface area contributed by atoms with Gasteiger partial charge in [0.1, 0.15) is 18.0 Å². The highest BCUT2D eigenvalue weighted by Crippen LogP contribution is 2.28. The lowest BCUT2D eigenvalue weighted by molar-refractivity contribution is -0.137. The van der Waals surface area contributed by atoms with E-state index >= 15 is 0 Å². The predicted molar refractivity (Wildman–Crippen MR) is 112 cm³/mol. The summed E-state index contributed by atoms with van der Waals surface area (Å²) in [6.07, 6.45) is 2.99. The number of aryl methyl sites for hydroxylation is 2. The van der Waals surface area contributed by atoms with Crippen molar-refractivity contribution >= 4 is 28.8 Å². The third-order valence-electron chi connectivity index (χ3n) is 5.53. The van der Waals surface area contributed by atoms with Crippen LogP contribution in [-0.2, 0) is 22.4 Å². The van der Waals surface area contributed by atoms with Gasteiger partial charge in [-0.1, -0.05) is 6.07 Å². The largest absolute Gasteiger partial charge is 0.488 e. The lowest BCUT2D eigenvalue weighted by Gasteiger charge is -2.36. The number of aliphatic hydroxyl groups excluding tert-OH is 1. The van der Waals surface area contributed by atoms with Gasteiger partial charge in [0.2, 0.25) is 11.8 Å². The number of nitrogens with zero attached hydrogens (tertiary/aromatic N) is 1. The average molecular weight is 415 g/mol. The summed E-state index contributed by atoms with van der Waals surface area (Å²) >= 11 is 1.72. The van der Waals surface area contributed by atoms with E-state index in [2.05, 4.69) is 16.8 Å². The summed E-state index contributed by atoms with van der Waals surface area (Å²) < 4.78 is 6.02. The van der Waals surface area contributed by atoms with Crippen LogP contribution >= 0.6 is 11.3 Å². The van der Waals surface area contributed by atoms with Crippen LogP contribution in [0.15, 0.2) is 35.7 Å². The molecule has 6 nitrogen and oxygen atoms in total. The Hall–Kier alpha value is -2.38. The van der Waals surface area contributed by atoms with Gasteiger partial charge in [0.25, 0.3) is 0 Å². The Morgan fingerprint density at radius 2 is 2.21 bits per heavy atom. The molecule has 0 unspecified atom stereocenters. The molecule has 0 aliphatic carbocycles. The molecule has 2 amide bonds. The van der Waals surface area contributed by atoms with E-state index in [9.17, 15) is 14.7 Å². The van der Waals surface area contributed by atoms with Gasteiger partial charge < -0.3 is 20.1 Å². The first-order chi connectivity index (χ1) is 14.1. The van der Waals surface area contributed by atoms with Gasteiger partial charge in [0.05, 0.1) is 6.54 Å². The summed E-state index contributed by atoms with van der Waals surface area (Å²) in [5.41, 5.74) is 1.88. The highest BCUT2D eigenvalue weighted by atomic mass is 32.1. The number of aliphatic hydroxyl groups is 1. The number of β-amino-alcohol motifs (C(OH)–C–C–N with tert-alkyl or cyclic N) is 1. The second-order valence-electron chi connectivity index (χ2n) is 7.65. The summed E-state index contributed by atoms with van der Waals surface area (Å²) in [5, 5.41) is 15.4. The molecule has 0 saturated carbocycles. The Balaban J connectivity index is 1.26. The Morgan fingerprint density at radius 1 is 1.31 bits per heavy atom. The summed E-state index contributed by atoms with van der Waals surface area (Å²) in [5.74, 6) is 0.831. The number of rotatable bonds is 6. The number of amides is 2. The number of ether oxygens (including phenoxy) is 1. The highest BCUT2D eigenvalue weighted by Gasteiger charge is 2.31. The van der Waals surface area contributed by atoms with E-state index in [0.717, 1.165) is 24.1 Å². The fourth-order valence-corrected chi connectivity index (χ4v) is 4.66. The van der Waals surface area contributed by atoms with Crippen molar-refractivity contribution in [3.63, 3.8) is 0 Å². The van der Waals surface area contributed by atoms with Gasteiger partial charge in [-0.25, -0.2) is 0 Å². The summed E-state index contributed by atoms with van der Waals surface area (Å²) in [4.78, 5) is 27.0. The van der Waals surface area contributed by atoms with E-state index in [1.54, 1.807) is 16.2 Å². The molecule has 29 heavy (non-hydrogen) atoms. The molecule has 1 saturated heterocycles. The number of likely N-dealkylation sites (tertiary alicyclic amines) is 1. The molecule has 7 heteroatoms. The fraction of sp³-hybridized carbons (Fsp3) is 0.455. The van der Waals surface area contributed by atoms with Crippen molar-refractivity contribution in [2.45, 2.75) is 50.7 Å². The predicted octanol–water partition coefficient (Wildman–Crippen LogP) is 3.00. The van der Waals surface area contributed by atoms with Gasteiger partial charge >= 0.3 is 0 Å². The zero-order valence-corrected chi connectivity index (χ0v) is 17.1. The SMILES string of the molecule is O=C1CCc2cc(O[C@@H]3CCN(C(=O)CCCc4cccs4)C[C@H]3O)ccc2N1. The molecule has 0 radical (unpaired) electrons. The van der Waals surface area contributed by atoms with Crippen LogP contribution in [-0.4, -0.2) is 47.1 Å². The van der Waals surface area contributed by atoms with Crippen LogP contribution in [0.1, 0.15) is 36.1 Å². The van der Waals surface area contributed by atoms with E-state index < -0.39 is 6.10 Å². The molecule has 2 atom stereocenters. The molecule has 2 aromatic rings. The fourth-order valence-electron chi connectivity index (χ4n) is 3.91. The van der Waals surface area contributed by atoms with E-state index in [1.807, 2.05) is 24.3 Å². The lowest BCUT2D eigenvalue weighted by atomic mass is 10.0. The number of nitrogens with one attached hydrogen (secondary N) is 1. The summed E-state index contributed by atoms with van der Waals surface area (Å²) in [7, 11) is 0. The lowest BCUT2D eigenvalue weighted by Crippen LogP contribution is -2.51. The van der Waals surface area contributed by atoms with Crippen molar-refractivity contribution in [3.05, 3.63) is 46.2 Å². The van der Waals surface area contributed by atoms with Crippen LogP contribution < -0.4 is 10.1 Å². The van der Waals surface area contributed by atoms with Crippen molar-refractivity contribution in [2.24, 2.45) is 0 Å². The number of anilines is 1. The van der Waals surface area contributed by atoms with Crippen LogP contribution in [0.5, 0.6) is 5.75 Å². The standard InChI is InChI=1S/C22H26N2O4S/c25-19-14-24(22(27)5-1-3-17-4-2-12-29-17)11-10-20(19)28-16-7-8-18-15(13-16)6-9-21(26)23-18/h2,4,7-8,12-13,19-20,25H,1,3,5-6,9-11,14H2,(H,23,26)/t19-,20-/m1/s1. The molecule has 1 aromatic heterocycles. The Morgan fingerprint density at radius 3 is 3.00 bits per heavy atom. The first-order valence-electron chi connectivity index (χ1n) is 10.2. The van der Waals surface area contributed by atoms with Crippen molar-refractivity contribution in [1.29, 1.82) is 0 Å². The maximum atomic E-state index is 12.5. The minimum Gasteiger partial charge on any atom is -0.488 e. The first-order valence-corrected chi connectivity index (χ1v) is 11.0. The van der Waals surface area contributed by atoms with Gasteiger partial charge in [-0.05, 0) is 54.5 Å². The molecule has 2 aliphatic heterocycles. The minimum atomic E-state index is -0.708. The number of fused-ring (bicyclic) bond motifs is 1. The molecule has 1 fully saturated rings. The smallest absolute Gasteiger partial charge is 0.224 e. The van der Waals surface area contributed by atoms with E-state index in [1.165, 1.54) is 4.88 Å². The van der Waals surface area contributed by atoms with Gasteiger partial charge in [-0.2, -0.15) is 0 Å². The molecular weight excluding hydrogens is 388 g/mol. The maximum absolute atomic E-state index is 12.5. The highest BCUT2D eigenvalue weighted by molar-refractivity contribution is 7.09. The van der Waals surface area contributed by atoms with Gasteiger partial charge in [-0.15, -0.1) is 11.3 Å². The molecular formula is C22H26N2O4S. The summed E-state index contributed by atoms with van der Waals surface area (Å²) in [6, 6.07) is 9.72. The Bertz CT molecular complexity index is 868. The van der Waals surface area contributed by atoms with E-state index in [0.29, 0.717) is 44.5 Å². The van der Waals surface area contributed by atoms with E-state index in [4.69, 9.17) is 4.74 Å². The second-order valence-corrected chi connectivity index (χ2v) is 8.68. The van der Waals surface area contributed by atoms with E-state index in [-0.39, 0.29) is 17.9 Å². The molecule has 0 spiro atoms. The molecule has 2 N–H and O–H groups in total. The van der Waals surface area contributed by atoms with Crippen molar-refractivity contribution < 1.29 is 19.4 Å². The monoisotopic (exact) mass is 414 g/mol. The summed E-state index contributed by atoms with van der Waals surface area (Å²) in [6.45, 7) is 0.907. The molecule has 3 heterocycles. The van der Waals surface area contributed by atoms with Crippen molar-refractivity contribution in [2.75, 3.05) is 18.4 Å². The minimum absolute atomic E-state index is 0.0361. The van der Waals surface area contributed by atoms with Gasteiger partial charge in [0, 0.05) is 36.4 Å². The third kappa shape index (κ3) is 4.97. The zero-order chi connectivity index (χ0) is 20.2. The van der Waals surface area contributed by atoms with Crippen molar-refractivity contribution in [3.8, 4) is 5.75 Å². The normalized spacial score (nSPS) is 21.4. The Kier molecular flexibility index (Phi) is 6.16. The zero-order valence-electron chi connectivity index (χ0n) is 16.3. The van der Waals surface area contributed by atoms with Crippen LogP contribution in [0.2, 0.25) is 0 Å². The number of carbonyl (C=O) groups is 2. The van der Waals surface area contributed by atoms with Crippen molar-refractivity contribution in [1.82, 2.24) is 4.90 Å². The van der Waals surface area contributed by atoms with Gasteiger partial charge in [0.15, 0.2) is 0 Å². The molecule has 1 aromatic carbocycles. The Labute approximate surface area is 174 Å². The molecule has 4 rings (SSSR count). The maximum Gasteiger partial charge on any atom is 0.224 e. The topological polar surface area (TPSA) is 78.9 Å². The number of piperidine rings is 1. The van der Waals surface area contributed by atoms with Gasteiger partial charge in [-0.3, -0.25) is 9.59 Å². The number of benzene rings is 1. The third-order valence-corrected chi connectivity index (χ3v) is 6.46. The van der Waals surface area contributed by atoms with Crippen LogP contribution in [0.4, 0.5) is 5.69 Å². The quantitative estimate of drug-likeness (QED) is 0.762. The number of carbonyl (C=O) groups excluding carboxylic acids is 2. The molecule has 2 aliphatic rings. The first kappa shape index (κ1) is 19.9. The van der Waals surface area contributed by atoms with Crippen LogP contribution in [0, 0.1) is 0 Å². The second kappa shape index (κ2) is 8.97. The molecule has 154 valence electrons. The number of hydrogen-bond acceptors (Lipinski definition) is 5. The average Bonchev–Trinajstić information content (AvgIpc) is 3.23.